The number of unbranched alkanes of at least 4 members (excludes halogenated alkanes) is 2. The number of benzene rings is 2. The summed E-state index contributed by atoms with van der Waals surface area (Å²) in [5.41, 5.74) is 12.1. The average molecular weight is 1100 g/mol. The molecular formula is C63H83ClF5N7O2. The summed E-state index contributed by atoms with van der Waals surface area (Å²) in [6, 6.07) is 11.8. The van der Waals surface area contributed by atoms with Gasteiger partial charge in [0, 0.05) is 65.5 Å². The molecule has 0 spiro atoms. The molecule has 4 aliphatic carbocycles. The minimum absolute atomic E-state index is 0.0209. The lowest BCUT2D eigenvalue weighted by molar-refractivity contribution is -0.117. The lowest BCUT2D eigenvalue weighted by atomic mass is 9.81. The first kappa shape index (κ1) is 61.9. The second-order valence-electron chi connectivity index (χ2n) is 22.2. The van der Waals surface area contributed by atoms with Gasteiger partial charge in [-0.25, -0.2) is 31.9 Å². The van der Waals surface area contributed by atoms with E-state index in [2.05, 4.69) is 23.0 Å². The minimum Gasteiger partial charge on any atom is -0.324 e. The molecule has 4 atom stereocenters. The van der Waals surface area contributed by atoms with Gasteiger partial charge in [0.05, 0.1) is 29.0 Å². The Morgan fingerprint density at radius 3 is 2.13 bits per heavy atom. The number of aryl methyl sites for hydroxylation is 2. The first-order valence-corrected chi connectivity index (χ1v) is 29.0. The topological polar surface area (TPSA) is 122 Å². The van der Waals surface area contributed by atoms with Gasteiger partial charge in [-0.2, -0.15) is 5.10 Å². The number of hydrogen-bond acceptors (Lipinski definition) is 7. The predicted molar refractivity (Wildman–Crippen MR) is 305 cm³/mol. The van der Waals surface area contributed by atoms with Crippen LogP contribution in [0.5, 0.6) is 0 Å². The summed E-state index contributed by atoms with van der Waals surface area (Å²) in [7, 11) is 0. The molecule has 10 rings (SSSR count). The number of carbonyl (C=O) groups is 1. The highest BCUT2D eigenvalue weighted by Gasteiger charge is 2.51. The fourth-order valence-corrected chi connectivity index (χ4v) is 11.3. The molecule has 78 heavy (non-hydrogen) atoms. The zero-order chi connectivity index (χ0) is 57.4. The summed E-state index contributed by atoms with van der Waals surface area (Å²) in [5.74, 6) is -2.26. The van der Waals surface area contributed by atoms with Gasteiger partial charge >= 0.3 is 0 Å². The van der Waals surface area contributed by atoms with Gasteiger partial charge in [-0.3, -0.25) is 23.8 Å². The molecule has 4 unspecified atom stereocenters. The Labute approximate surface area is 464 Å². The molecule has 3 saturated carbocycles. The van der Waals surface area contributed by atoms with Crippen LogP contribution >= 0.6 is 11.6 Å². The monoisotopic (exact) mass is 1100 g/mol. The number of alkyl halides is 3. The lowest BCUT2D eigenvalue weighted by Crippen LogP contribution is -2.34. The maximum absolute atomic E-state index is 16.2. The molecule has 15 heteroatoms. The highest BCUT2D eigenvalue weighted by atomic mass is 35.5. The molecule has 424 valence electrons. The van der Waals surface area contributed by atoms with Gasteiger partial charge in [0.1, 0.15) is 17.5 Å². The van der Waals surface area contributed by atoms with Crippen LogP contribution in [0.1, 0.15) is 214 Å². The second kappa shape index (κ2) is 26.7. The van der Waals surface area contributed by atoms with E-state index >= 15 is 4.39 Å². The largest absolute Gasteiger partial charge is 0.324 e. The molecule has 2 aromatic carbocycles. The summed E-state index contributed by atoms with van der Waals surface area (Å²) < 4.78 is 76.2. The van der Waals surface area contributed by atoms with Crippen LogP contribution in [0.15, 0.2) is 65.7 Å². The van der Waals surface area contributed by atoms with Crippen molar-refractivity contribution in [3.05, 3.63) is 144 Å². The van der Waals surface area contributed by atoms with Crippen LogP contribution < -0.4 is 11.3 Å². The predicted octanol–water partition coefficient (Wildman–Crippen LogP) is 16.2. The zero-order valence-electron chi connectivity index (χ0n) is 48.1. The summed E-state index contributed by atoms with van der Waals surface area (Å²) in [4.78, 5) is 39.4. The lowest BCUT2D eigenvalue weighted by Gasteiger charge is -2.33. The van der Waals surface area contributed by atoms with Crippen molar-refractivity contribution in [2.45, 2.75) is 208 Å². The Morgan fingerprint density at radius 2 is 1.55 bits per heavy atom. The van der Waals surface area contributed by atoms with Crippen molar-refractivity contribution < 1.29 is 26.7 Å². The van der Waals surface area contributed by atoms with Crippen molar-refractivity contribution in [3.8, 4) is 5.69 Å². The number of carbonyl (C=O) groups excluding carboxylic acids is 1. The average Bonchev–Trinajstić information content (AvgIpc) is 4.50. The van der Waals surface area contributed by atoms with E-state index in [4.69, 9.17) is 27.4 Å². The number of pyridine rings is 2. The molecular weight excluding hydrogens is 1020 g/mol. The van der Waals surface area contributed by atoms with Gasteiger partial charge in [-0.15, -0.1) is 0 Å². The molecule has 4 aliphatic rings. The third kappa shape index (κ3) is 14.5. The molecule has 2 N–H and O–H groups in total. The van der Waals surface area contributed by atoms with E-state index in [9.17, 15) is 27.2 Å². The first-order chi connectivity index (χ1) is 37.1. The molecule has 6 aromatic rings. The molecule has 0 saturated heterocycles. The van der Waals surface area contributed by atoms with E-state index in [1.54, 1.807) is 31.5 Å². The van der Waals surface area contributed by atoms with Crippen LogP contribution in [-0.4, -0.2) is 41.0 Å². The van der Waals surface area contributed by atoms with E-state index < -0.39 is 66.4 Å². The normalized spacial score (nSPS) is 18.2. The van der Waals surface area contributed by atoms with Crippen LogP contribution in [0.4, 0.5) is 22.0 Å². The first-order valence-electron chi connectivity index (χ1n) is 28.6. The van der Waals surface area contributed by atoms with E-state index in [0.717, 1.165) is 23.8 Å². The Morgan fingerprint density at radius 1 is 0.885 bits per heavy atom. The highest BCUT2D eigenvalue weighted by Crippen LogP contribution is 2.60. The van der Waals surface area contributed by atoms with Crippen molar-refractivity contribution in [3.63, 3.8) is 0 Å². The van der Waals surface area contributed by atoms with Crippen molar-refractivity contribution >= 4 is 28.4 Å². The number of nitrogens with two attached hydrogens (primary N) is 1. The SMILES string of the molecule is CC.CC.CC(=O)Cn1nc(C2CC2)c2c1CC1CC21.CCCCCc1cccnc1.Cc1c(-n2c(C(Cc3cc(F)cc(F)c3)C(C)C)nc3nc(C4(F)CCC(F)(F)CC4)cc(C)c3c2=O)ccc(Cl)c1C(N)C(C)C. The number of fused-ring (bicyclic) bond motifs is 4. The number of hydrogen-bond donors (Lipinski definition) is 1. The number of halogens is 6. The quantitative estimate of drug-likeness (QED) is 0.0803. The molecule has 9 nitrogen and oxygen atoms in total. The smallest absolute Gasteiger partial charge is 0.267 e. The second-order valence-corrected chi connectivity index (χ2v) is 22.6. The Hall–Kier alpha value is -5.34. The minimum atomic E-state index is -2.95. The number of nitrogens with zero attached hydrogens (tertiary/aromatic N) is 6. The molecule has 4 aromatic heterocycles. The van der Waals surface area contributed by atoms with Crippen molar-refractivity contribution in [2.75, 3.05) is 0 Å². The maximum Gasteiger partial charge on any atom is 0.267 e. The van der Waals surface area contributed by atoms with Gasteiger partial charge in [-0.1, -0.05) is 92.8 Å². The number of Topliss-reactive ketones (excluding diaryl/α,β-unsaturated/α-hetero) is 1. The van der Waals surface area contributed by atoms with Crippen LogP contribution in [-0.2, 0) is 36.3 Å². The fourth-order valence-electron chi connectivity index (χ4n) is 11.0. The highest BCUT2D eigenvalue weighted by molar-refractivity contribution is 6.31. The maximum atomic E-state index is 16.2. The van der Waals surface area contributed by atoms with Gasteiger partial charge in [-0.05, 0) is 166 Å². The van der Waals surface area contributed by atoms with Gasteiger partial charge in [0.25, 0.3) is 5.56 Å². The third-order valence-electron chi connectivity index (χ3n) is 15.5. The molecule has 4 heterocycles. The fraction of sp³-hybridized carbons (Fsp3) is 0.556. The number of ketones is 1. The van der Waals surface area contributed by atoms with Crippen molar-refractivity contribution in [2.24, 2.45) is 23.5 Å². The van der Waals surface area contributed by atoms with Gasteiger partial charge in [0.2, 0.25) is 5.92 Å². The number of rotatable bonds is 15. The summed E-state index contributed by atoms with van der Waals surface area (Å²) in [6.07, 6.45) is 12.1. The van der Waals surface area contributed by atoms with Gasteiger partial charge < -0.3 is 5.73 Å². The molecule has 0 amide bonds. The molecule has 0 aliphatic heterocycles. The Kier molecular flexibility index (Phi) is 21.2. The van der Waals surface area contributed by atoms with Gasteiger partial charge in [0.15, 0.2) is 17.1 Å². The van der Waals surface area contributed by atoms with E-state index in [1.807, 2.05) is 85.5 Å². The van der Waals surface area contributed by atoms with Crippen molar-refractivity contribution in [1.29, 1.82) is 0 Å². The molecule has 0 bridgehead atoms. The summed E-state index contributed by atoms with van der Waals surface area (Å²) >= 11 is 6.65. The van der Waals surface area contributed by atoms with E-state index in [0.29, 0.717) is 39.5 Å². The van der Waals surface area contributed by atoms with Crippen LogP contribution in [0, 0.1) is 43.2 Å². The van der Waals surface area contributed by atoms with Crippen LogP contribution in [0.25, 0.3) is 16.7 Å². The van der Waals surface area contributed by atoms with Crippen LogP contribution in [0.3, 0.4) is 0 Å². The molecule has 0 radical (unpaired) electrons. The standard InChI is InChI=1S/C36H40ClF5N4O.C13H16N2O.C10H15N.2C2H6/c1-18(2)25(16-22-14-23(38)17-24(39)15-22)33-45-32-29(20(5)13-28(44-32)35(40)9-11-36(41,42)12-10-35)34(47)46(33)27-8-7-26(37)30(21(27)6)31(43)19(3)4;1-7(16)6-15-11-5-9-4-10(9)12(11)13(14-15)8-2-3-8;1-2-3-4-6-10-7-5-8-11-9-10;2*1-2/h7-8,13-15,17-19,25,31H,9-12,16,43H2,1-6H3;8-10H,2-6H2,1H3;5,7-9H,2-4,6H2,1H3;2*1-2H3. The van der Waals surface area contributed by atoms with E-state index in [-0.39, 0.29) is 46.6 Å². The number of aromatic nitrogens is 6. The third-order valence-corrected chi connectivity index (χ3v) is 15.9. The van der Waals surface area contributed by atoms with Crippen molar-refractivity contribution in [1.82, 2.24) is 29.3 Å². The van der Waals surface area contributed by atoms with Crippen LogP contribution in [0.2, 0.25) is 5.02 Å². The Balaban J connectivity index is 0.000000254. The Bertz CT molecular complexity index is 3030. The zero-order valence-corrected chi connectivity index (χ0v) is 48.8. The summed E-state index contributed by atoms with van der Waals surface area (Å²) in [6.45, 7) is 23.6. The summed E-state index contributed by atoms with van der Waals surface area (Å²) in [5, 5.41) is 5.30. The molecule has 3 fully saturated rings. The van der Waals surface area contributed by atoms with E-state index in [1.165, 1.54) is 91.1 Å².